The van der Waals surface area contributed by atoms with Gasteiger partial charge in [0.2, 0.25) is 0 Å². The zero-order valence-electron chi connectivity index (χ0n) is 7.84. The third-order valence-electron chi connectivity index (χ3n) is 3.03. The summed E-state index contributed by atoms with van der Waals surface area (Å²) >= 11 is 2.00. The molecule has 0 radical (unpaired) electrons. The summed E-state index contributed by atoms with van der Waals surface area (Å²) in [4.78, 5) is 11.3. The lowest BCUT2D eigenvalue weighted by molar-refractivity contribution is -0.142. The van der Waals surface area contributed by atoms with Crippen molar-refractivity contribution in [3.63, 3.8) is 0 Å². The molecule has 2 aliphatic heterocycles. The molecule has 74 valence electrons. The zero-order chi connectivity index (χ0) is 9.31. The van der Waals surface area contributed by atoms with Gasteiger partial charge in [0.05, 0.1) is 7.11 Å². The minimum atomic E-state index is -0.103. The van der Waals surface area contributed by atoms with E-state index in [4.69, 9.17) is 4.74 Å². The molecule has 0 amide bonds. The second-order valence-electron chi connectivity index (χ2n) is 3.96. The second-order valence-corrected chi connectivity index (χ2v) is 5.07. The number of methoxy groups -OCH3 is 1. The van der Waals surface area contributed by atoms with Crippen LogP contribution in [0.15, 0.2) is 0 Å². The molecule has 1 N–H and O–H groups in total. The minimum absolute atomic E-state index is 0.0521. The molecule has 3 nitrogen and oxygen atoms in total. The Balaban J connectivity index is 1.96. The van der Waals surface area contributed by atoms with Gasteiger partial charge in [0.15, 0.2) is 0 Å². The Kier molecular flexibility index (Phi) is 2.51. The normalized spacial score (nSPS) is 38.4. The Morgan fingerprint density at radius 3 is 3.15 bits per heavy atom. The Hall–Kier alpha value is -0.220. The van der Waals surface area contributed by atoms with Gasteiger partial charge in [0.25, 0.3) is 0 Å². The van der Waals surface area contributed by atoms with Crippen LogP contribution >= 0.6 is 11.8 Å². The smallest absolute Gasteiger partial charge is 0.322 e. The Labute approximate surface area is 82.6 Å². The van der Waals surface area contributed by atoms with Crippen molar-refractivity contribution in [1.29, 1.82) is 0 Å². The number of esters is 1. The van der Waals surface area contributed by atoms with Crippen LogP contribution in [0, 0.1) is 5.41 Å². The summed E-state index contributed by atoms with van der Waals surface area (Å²) in [6.45, 7) is 0.986. The summed E-state index contributed by atoms with van der Waals surface area (Å²) in [7, 11) is 1.46. The van der Waals surface area contributed by atoms with E-state index < -0.39 is 0 Å². The molecule has 0 aromatic carbocycles. The first kappa shape index (κ1) is 9.34. The zero-order valence-corrected chi connectivity index (χ0v) is 8.65. The first-order valence-electron chi connectivity index (χ1n) is 4.65. The Morgan fingerprint density at radius 1 is 1.69 bits per heavy atom. The molecule has 0 aliphatic carbocycles. The lowest BCUT2D eigenvalue weighted by atomic mass is 9.85. The molecule has 1 spiro atoms. The van der Waals surface area contributed by atoms with Gasteiger partial charge in [-0.2, -0.15) is 11.8 Å². The lowest BCUT2D eigenvalue weighted by Crippen LogP contribution is -2.31. The Morgan fingerprint density at radius 2 is 2.54 bits per heavy atom. The van der Waals surface area contributed by atoms with Gasteiger partial charge in [-0.05, 0) is 24.0 Å². The van der Waals surface area contributed by atoms with Gasteiger partial charge in [0.1, 0.15) is 6.04 Å². The second kappa shape index (κ2) is 3.50. The molecule has 0 aromatic heterocycles. The van der Waals surface area contributed by atoms with Crippen LogP contribution in [-0.2, 0) is 9.53 Å². The topological polar surface area (TPSA) is 38.3 Å². The number of ether oxygens (including phenoxy) is 1. The molecule has 2 saturated heterocycles. The summed E-state index contributed by atoms with van der Waals surface area (Å²) < 4.78 is 4.73. The molecule has 0 bridgehead atoms. The molecule has 4 heteroatoms. The lowest BCUT2D eigenvalue weighted by Gasteiger charge is -2.19. The first-order chi connectivity index (χ1) is 6.26. The Bertz CT molecular complexity index is 214. The molecule has 2 unspecified atom stereocenters. The summed E-state index contributed by atoms with van der Waals surface area (Å²) in [5.41, 5.74) is 0.392. The first-order valence-corrected chi connectivity index (χ1v) is 5.80. The summed E-state index contributed by atoms with van der Waals surface area (Å²) in [5.74, 6) is 2.34. The van der Waals surface area contributed by atoms with Crippen molar-refractivity contribution >= 4 is 17.7 Å². The molecule has 2 aliphatic rings. The maximum Gasteiger partial charge on any atom is 0.322 e. The van der Waals surface area contributed by atoms with Crippen LogP contribution in [-0.4, -0.2) is 37.2 Å². The molecule has 2 rings (SSSR count). The van der Waals surface area contributed by atoms with Gasteiger partial charge in [-0.3, -0.25) is 4.79 Å². The van der Waals surface area contributed by atoms with Crippen molar-refractivity contribution in [2.24, 2.45) is 5.41 Å². The monoisotopic (exact) mass is 201 g/mol. The number of hydrogen-bond donors (Lipinski definition) is 1. The fourth-order valence-corrected chi connectivity index (χ4v) is 3.69. The SMILES string of the molecule is COC(=O)C1CC2(CCSC2)CN1. The average Bonchev–Trinajstić information content (AvgIpc) is 2.76. The number of rotatable bonds is 1. The van der Waals surface area contributed by atoms with Gasteiger partial charge in [-0.25, -0.2) is 0 Å². The molecular formula is C9H15NO2S. The molecule has 2 atom stereocenters. The van der Waals surface area contributed by atoms with Gasteiger partial charge >= 0.3 is 5.97 Å². The van der Waals surface area contributed by atoms with Gasteiger partial charge in [-0.15, -0.1) is 0 Å². The highest BCUT2D eigenvalue weighted by molar-refractivity contribution is 7.99. The van der Waals surface area contributed by atoms with E-state index >= 15 is 0 Å². The van der Waals surface area contributed by atoms with Crippen LogP contribution in [0.2, 0.25) is 0 Å². The number of nitrogens with one attached hydrogen (secondary N) is 1. The average molecular weight is 201 g/mol. The number of carbonyl (C=O) groups is 1. The highest BCUT2D eigenvalue weighted by Gasteiger charge is 2.44. The van der Waals surface area contributed by atoms with E-state index in [-0.39, 0.29) is 12.0 Å². The number of hydrogen-bond acceptors (Lipinski definition) is 4. The molecule has 2 fully saturated rings. The molecular weight excluding hydrogens is 186 g/mol. The number of thioether (sulfide) groups is 1. The predicted molar refractivity (Wildman–Crippen MR) is 52.8 cm³/mol. The van der Waals surface area contributed by atoms with Gasteiger partial charge in [-0.1, -0.05) is 0 Å². The highest BCUT2D eigenvalue weighted by Crippen LogP contribution is 2.42. The van der Waals surface area contributed by atoms with Crippen LogP contribution in [0.5, 0.6) is 0 Å². The van der Waals surface area contributed by atoms with E-state index in [2.05, 4.69) is 5.32 Å². The van der Waals surface area contributed by atoms with Crippen molar-refractivity contribution in [3.8, 4) is 0 Å². The molecule has 0 saturated carbocycles. The highest BCUT2D eigenvalue weighted by atomic mass is 32.2. The van der Waals surface area contributed by atoms with Gasteiger partial charge in [0, 0.05) is 12.3 Å². The van der Waals surface area contributed by atoms with E-state index in [0.29, 0.717) is 5.41 Å². The van der Waals surface area contributed by atoms with Crippen molar-refractivity contribution in [2.45, 2.75) is 18.9 Å². The summed E-state index contributed by atoms with van der Waals surface area (Å²) in [5, 5.41) is 3.25. The summed E-state index contributed by atoms with van der Waals surface area (Å²) in [6.07, 6.45) is 2.21. The molecule has 13 heavy (non-hydrogen) atoms. The fraction of sp³-hybridized carbons (Fsp3) is 0.889. The maximum atomic E-state index is 11.3. The van der Waals surface area contributed by atoms with Crippen LogP contribution in [0.3, 0.4) is 0 Å². The van der Waals surface area contributed by atoms with Crippen molar-refractivity contribution in [3.05, 3.63) is 0 Å². The van der Waals surface area contributed by atoms with Crippen LogP contribution in [0.1, 0.15) is 12.8 Å². The fourth-order valence-electron chi connectivity index (χ4n) is 2.18. The van der Waals surface area contributed by atoms with E-state index in [0.717, 1.165) is 13.0 Å². The van der Waals surface area contributed by atoms with E-state index in [1.54, 1.807) is 0 Å². The van der Waals surface area contributed by atoms with Crippen molar-refractivity contribution < 1.29 is 9.53 Å². The minimum Gasteiger partial charge on any atom is -0.468 e. The van der Waals surface area contributed by atoms with E-state index in [1.165, 1.54) is 25.0 Å². The summed E-state index contributed by atoms with van der Waals surface area (Å²) in [6, 6.07) is -0.0521. The van der Waals surface area contributed by atoms with Gasteiger partial charge < -0.3 is 10.1 Å². The standard InChI is InChI=1S/C9H15NO2S/c1-12-8(11)7-4-9(5-10-7)2-3-13-6-9/h7,10H,2-6H2,1H3. The van der Waals surface area contributed by atoms with Crippen molar-refractivity contribution in [2.75, 3.05) is 25.2 Å². The van der Waals surface area contributed by atoms with Crippen LogP contribution < -0.4 is 5.32 Å². The quantitative estimate of drug-likeness (QED) is 0.632. The van der Waals surface area contributed by atoms with E-state index in [1.807, 2.05) is 11.8 Å². The molecule has 2 heterocycles. The van der Waals surface area contributed by atoms with Crippen LogP contribution in [0.25, 0.3) is 0 Å². The van der Waals surface area contributed by atoms with Crippen molar-refractivity contribution in [1.82, 2.24) is 5.32 Å². The predicted octanol–water partition coefficient (Wildman–Crippen LogP) is 0.645. The largest absolute Gasteiger partial charge is 0.468 e. The third kappa shape index (κ3) is 1.70. The third-order valence-corrected chi connectivity index (χ3v) is 4.34. The maximum absolute atomic E-state index is 11.3. The van der Waals surface area contributed by atoms with Crippen LogP contribution in [0.4, 0.5) is 0 Å². The van der Waals surface area contributed by atoms with E-state index in [9.17, 15) is 4.79 Å². The number of carbonyl (C=O) groups excluding carboxylic acids is 1. The molecule has 0 aromatic rings.